The molecule has 0 unspecified atom stereocenters. The van der Waals surface area contributed by atoms with E-state index in [1.54, 1.807) is 6.92 Å². The Balaban J connectivity index is 3.18. The van der Waals surface area contributed by atoms with Gasteiger partial charge in [-0.15, -0.1) is 0 Å². The van der Waals surface area contributed by atoms with Crippen molar-refractivity contribution < 1.29 is 18.3 Å². The average molecular weight is 188 g/mol. The Morgan fingerprint density at radius 1 is 1.15 bits per heavy atom. The highest BCUT2D eigenvalue weighted by molar-refractivity contribution is 5.42. The fraction of sp³-hybridized carbons (Fsp3) is 0.333. The van der Waals surface area contributed by atoms with Crippen LogP contribution in [0, 0.1) is 11.6 Å². The molecule has 0 atom stereocenters. The van der Waals surface area contributed by atoms with Gasteiger partial charge in [0.05, 0.1) is 13.7 Å². The predicted octanol–water partition coefficient (Wildman–Crippen LogP) is 2.37. The predicted molar refractivity (Wildman–Crippen MR) is 44.1 cm³/mol. The summed E-state index contributed by atoms with van der Waals surface area (Å²) in [6.07, 6.45) is 0. The van der Waals surface area contributed by atoms with Gasteiger partial charge in [0.2, 0.25) is 0 Å². The quantitative estimate of drug-likeness (QED) is 0.725. The molecule has 0 saturated carbocycles. The van der Waals surface area contributed by atoms with Crippen molar-refractivity contribution in [2.24, 2.45) is 0 Å². The lowest BCUT2D eigenvalue weighted by molar-refractivity contribution is 0.286. The van der Waals surface area contributed by atoms with Crippen LogP contribution < -0.4 is 9.47 Å². The van der Waals surface area contributed by atoms with Crippen LogP contribution >= 0.6 is 0 Å². The number of ether oxygens (including phenoxy) is 2. The van der Waals surface area contributed by atoms with E-state index >= 15 is 0 Å². The fourth-order valence-electron chi connectivity index (χ4n) is 0.984. The van der Waals surface area contributed by atoms with Crippen molar-refractivity contribution in [3.8, 4) is 11.5 Å². The molecule has 0 aliphatic carbocycles. The molecule has 4 heteroatoms. The lowest BCUT2D eigenvalue weighted by Crippen LogP contribution is -1.99. The van der Waals surface area contributed by atoms with E-state index in [1.165, 1.54) is 7.11 Å². The van der Waals surface area contributed by atoms with Gasteiger partial charge in [-0.3, -0.25) is 0 Å². The highest BCUT2D eigenvalue weighted by Crippen LogP contribution is 2.32. The molecule has 0 aliphatic rings. The van der Waals surface area contributed by atoms with Gasteiger partial charge in [0.15, 0.2) is 23.1 Å². The molecule has 0 fully saturated rings. The van der Waals surface area contributed by atoms with E-state index in [0.29, 0.717) is 0 Å². The third-order valence-electron chi connectivity index (χ3n) is 1.51. The van der Waals surface area contributed by atoms with Crippen molar-refractivity contribution in [3.05, 3.63) is 23.8 Å². The van der Waals surface area contributed by atoms with E-state index in [1.807, 2.05) is 0 Å². The summed E-state index contributed by atoms with van der Waals surface area (Å²) in [5, 5.41) is 0. The molecule has 1 aromatic carbocycles. The topological polar surface area (TPSA) is 18.5 Å². The van der Waals surface area contributed by atoms with Crippen molar-refractivity contribution in [2.75, 3.05) is 13.7 Å². The van der Waals surface area contributed by atoms with E-state index < -0.39 is 11.6 Å². The number of hydrogen-bond acceptors (Lipinski definition) is 2. The van der Waals surface area contributed by atoms with E-state index in [-0.39, 0.29) is 18.1 Å². The molecule has 72 valence electrons. The highest BCUT2D eigenvalue weighted by Gasteiger charge is 2.14. The minimum atomic E-state index is -0.632. The standard InChI is InChI=1S/C9H10F2O2/c1-3-13-9-7(11)5-4-6(10)8(9)12-2/h4-5H,3H2,1-2H3. The Hall–Kier alpha value is -1.32. The molecular weight excluding hydrogens is 178 g/mol. The Kier molecular flexibility index (Phi) is 3.06. The van der Waals surface area contributed by atoms with Gasteiger partial charge in [-0.05, 0) is 19.1 Å². The summed E-state index contributed by atoms with van der Waals surface area (Å²) in [6, 6.07) is 2.00. The summed E-state index contributed by atoms with van der Waals surface area (Å²) < 4.78 is 35.6. The van der Waals surface area contributed by atoms with E-state index in [4.69, 9.17) is 4.74 Å². The Morgan fingerprint density at radius 2 is 1.69 bits per heavy atom. The maximum Gasteiger partial charge on any atom is 0.200 e. The van der Waals surface area contributed by atoms with Crippen molar-refractivity contribution in [2.45, 2.75) is 6.92 Å². The summed E-state index contributed by atoms with van der Waals surface area (Å²) >= 11 is 0. The molecule has 0 heterocycles. The van der Waals surface area contributed by atoms with Gasteiger partial charge in [-0.1, -0.05) is 0 Å². The Bertz CT molecular complexity index is 300. The molecule has 0 aliphatic heterocycles. The lowest BCUT2D eigenvalue weighted by atomic mass is 10.3. The van der Waals surface area contributed by atoms with Crippen LogP contribution in [0.5, 0.6) is 11.5 Å². The molecular formula is C9H10F2O2. The zero-order valence-corrected chi connectivity index (χ0v) is 7.43. The highest BCUT2D eigenvalue weighted by atomic mass is 19.1. The van der Waals surface area contributed by atoms with Crippen LogP contribution in [-0.2, 0) is 0 Å². The molecule has 0 N–H and O–H groups in total. The van der Waals surface area contributed by atoms with Gasteiger partial charge in [-0.2, -0.15) is 0 Å². The number of halogens is 2. The average Bonchev–Trinajstić information content (AvgIpc) is 2.12. The monoisotopic (exact) mass is 188 g/mol. The fourth-order valence-corrected chi connectivity index (χ4v) is 0.984. The molecule has 13 heavy (non-hydrogen) atoms. The number of hydrogen-bond donors (Lipinski definition) is 0. The number of rotatable bonds is 3. The molecule has 1 aromatic rings. The van der Waals surface area contributed by atoms with Gasteiger partial charge in [0, 0.05) is 0 Å². The Labute approximate surface area is 75.1 Å². The van der Waals surface area contributed by atoms with Gasteiger partial charge >= 0.3 is 0 Å². The van der Waals surface area contributed by atoms with E-state index in [0.717, 1.165) is 12.1 Å². The summed E-state index contributed by atoms with van der Waals surface area (Å²) in [6.45, 7) is 1.94. The molecule has 0 bridgehead atoms. The number of methoxy groups -OCH3 is 1. The van der Waals surface area contributed by atoms with Gasteiger partial charge in [0.1, 0.15) is 0 Å². The van der Waals surface area contributed by atoms with Crippen LogP contribution in [-0.4, -0.2) is 13.7 Å². The summed E-state index contributed by atoms with van der Waals surface area (Å²) in [5.74, 6) is -1.63. The van der Waals surface area contributed by atoms with Crippen LogP contribution in [0.25, 0.3) is 0 Å². The molecule has 0 amide bonds. The molecule has 2 nitrogen and oxygen atoms in total. The van der Waals surface area contributed by atoms with Crippen LogP contribution in [0.2, 0.25) is 0 Å². The molecule has 0 aromatic heterocycles. The largest absolute Gasteiger partial charge is 0.490 e. The molecule has 1 rings (SSSR count). The summed E-state index contributed by atoms with van der Waals surface area (Å²) in [7, 11) is 1.26. The van der Waals surface area contributed by atoms with Crippen LogP contribution in [0.3, 0.4) is 0 Å². The second-order valence-electron chi connectivity index (χ2n) is 2.32. The Morgan fingerprint density at radius 3 is 2.15 bits per heavy atom. The summed E-state index contributed by atoms with van der Waals surface area (Å²) in [4.78, 5) is 0. The van der Waals surface area contributed by atoms with Gasteiger partial charge in [0.25, 0.3) is 0 Å². The SMILES string of the molecule is CCOc1c(F)ccc(F)c1OC. The lowest BCUT2D eigenvalue weighted by Gasteiger charge is -2.10. The minimum absolute atomic E-state index is 0.176. The normalized spacial score (nSPS) is 9.85. The van der Waals surface area contributed by atoms with Crippen LogP contribution in [0.15, 0.2) is 12.1 Å². The van der Waals surface area contributed by atoms with Crippen molar-refractivity contribution in [1.29, 1.82) is 0 Å². The second-order valence-corrected chi connectivity index (χ2v) is 2.32. The van der Waals surface area contributed by atoms with Crippen LogP contribution in [0.4, 0.5) is 8.78 Å². The first-order chi connectivity index (χ1) is 6.20. The van der Waals surface area contributed by atoms with Gasteiger partial charge < -0.3 is 9.47 Å². The van der Waals surface area contributed by atoms with Crippen molar-refractivity contribution in [1.82, 2.24) is 0 Å². The maximum absolute atomic E-state index is 13.0. The third-order valence-corrected chi connectivity index (χ3v) is 1.51. The summed E-state index contributed by atoms with van der Waals surface area (Å²) in [5.41, 5.74) is 0. The zero-order chi connectivity index (χ0) is 9.84. The first kappa shape index (κ1) is 9.77. The van der Waals surface area contributed by atoms with Crippen molar-refractivity contribution >= 4 is 0 Å². The zero-order valence-electron chi connectivity index (χ0n) is 7.43. The minimum Gasteiger partial charge on any atom is -0.490 e. The van der Waals surface area contributed by atoms with Crippen molar-refractivity contribution in [3.63, 3.8) is 0 Å². The third kappa shape index (κ3) is 1.88. The first-order valence-corrected chi connectivity index (χ1v) is 3.85. The first-order valence-electron chi connectivity index (χ1n) is 3.85. The number of benzene rings is 1. The van der Waals surface area contributed by atoms with E-state index in [9.17, 15) is 8.78 Å². The smallest absolute Gasteiger partial charge is 0.200 e. The van der Waals surface area contributed by atoms with Crippen LogP contribution in [0.1, 0.15) is 6.92 Å². The molecule has 0 saturated heterocycles. The van der Waals surface area contributed by atoms with E-state index in [2.05, 4.69) is 4.74 Å². The molecule has 0 radical (unpaired) electrons. The molecule has 0 spiro atoms. The van der Waals surface area contributed by atoms with Gasteiger partial charge in [-0.25, -0.2) is 8.78 Å². The second kappa shape index (κ2) is 4.07. The maximum atomic E-state index is 13.0.